The second kappa shape index (κ2) is 7.90. The minimum Gasteiger partial charge on any atom is -0.395 e. The van der Waals surface area contributed by atoms with Crippen molar-refractivity contribution in [1.29, 1.82) is 0 Å². The van der Waals surface area contributed by atoms with Gasteiger partial charge in [-0.15, -0.1) is 0 Å². The van der Waals surface area contributed by atoms with Gasteiger partial charge in [0.25, 0.3) is 0 Å². The molecule has 1 aromatic rings. The van der Waals surface area contributed by atoms with Crippen molar-refractivity contribution in [3.05, 3.63) is 35.4 Å². The molecule has 1 aromatic carbocycles. The van der Waals surface area contributed by atoms with E-state index >= 15 is 0 Å². The first-order valence-corrected chi connectivity index (χ1v) is 6.13. The van der Waals surface area contributed by atoms with E-state index in [0.29, 0.717) is 11.1 Å². The highest BCUT2D eigenvalue weighted by molar-refractivity contribution is 5.41. The third kappa shape index (κ3) is 6.06. The summed E-state index contributed by atoms with van der Waals surface area (Å²) in [5.41, 5.74) is 6.63. The van der Waals surface area contributed by atoms with Gasteiger partial charge in [0.15, 0.2) is 0 Å². The molecular weight excluding hydrogens is 269 g/mol. The van der Waals surface area contributed by atoms with Crippen molar-refractivity contribution in [3.63, 3.8) is 0 Å². The molecule has 0 fully saturated rings. The molecule has 0 unspecified atom stereocenters. The first kappa shape index (κ1) is 16.5. The smallest absolute Gasteiger partial charge is 0.395 e. The van der Waals surface area contributed by atoms with Crippen LogP contribution in [0.2, 0.25) is 0 Å². The van der Waals surface area contributed by atoms with Gasteiger partial charge in [0.2, 0.25) is 0 Å². The van der Waals surface area contributed by atoms with Crippen molar-refractivity contribution in [2.75, 3.05) is 26.2 Å². The van der Waals surface area contributed by atoms with Gasteiger partial charge < -0.3 is 10.8 Å². The fourth-order valence-corrected chi connectivity index (χ4v) is 1.78. The zero-order valence-electron chi connectivity index (χ0n) is 11.0. The average molecular weight is 286 g/mol. The Balaban J connectivity index is 2.87. The van der Waals surface area contributed by atoms with Crippen molar-refractivity contribution in [1.82, 2.24) is 4.90 Å². The minimum absolute atomic E-state index is 0.0435. The van der Waals surface area contributed by atoms with E-state index in [-0.39, 0.29) is 26.2 Å². The lowest BCUT2D eigenvalue weighted by molar-refractivity contribution is -0.147. The van der Waals surface area contributed by atoms with Crippen LogP contribution in [-0.4, -0.2) is 42.4 Å². The number of halogens is 3. The van der Waals surface area contributed by atoms with Gasteiger partial charge >= 0.3 is 6.18 Å². The van der Waals surface area contributed by atoms with Crippen LogP contribution in [0.3, 0.4) is 0 Å². The number of benzene rings is 1. The van der Waals surface area contributed by atoms with Gasteiger partial charge in [0.1, 0.15) is 0 Å². The van der Waals surface area contributed by atoms with E-state index in [1.807, 2.05) is 0 Å². The standard InChI is InChI=1S/C14H17F3N2O/c15-14(16,17)11-19(8-9-20)10-13-5-2-1-4-12(13)6-3-7-18/h1-2,4-5,20H,7-11,18H2. The van der Waals surface area contributed by atoms with E-state index in [1.165, 1.54) is 0 Å². The molecule has 0 aliphatic heterocycles. The highest BCUT2D eigenvalue weighted by Crippen LogP contribution is 2.19. The lowest BCUT2D eigenvalue weighted by Crippen LogP contribution is -2.35. The molecule has 3 N–H and O–H groups in total. The summed E-state index contributed by atoms with van der Waals surface area (Å²) in [7, 11) is 0. The van der Waals surface area contributed by atoms with Crippen LogP contribution < -0.4 is 5.73 Å². The largest absolute Gasteiger partial charge is 0.401 e. The minimum atomic E-state index is -4.30. The van der Waals surface area contributed by atoms with Gasteiger partial charge in [0.05, 0.1) is 19.7 Å². The number of nitrogens with two attached hydrogens (primary N) is 1. The van der Waals surface area contributed by atoms with Gasteiger partial charge in [-0.3, -0.25) is 4.90 Å². The summed E-state index contributed by atoms with van der Waals surface area (Å²) in [6, 6.07) is 6.97. The summed E-state index contributed by atoms with van der Waals surface area (Å²) < 4.78 is 37.4. The molecule has 0 bridgehead atoms. The number of hydrogen-bond acceptors (Lipinski definition) is 3. The summed E-state index contributed by atoms with van der Waals surface area (Å²) in [5, 5.41) is 8.87. The SMILES string of the molecule is NCC#Cc1ccccc1CN(CCO)CC(F)(F)F. The fraction of sp³-hybridized carbons (Fsp3) is 0.429. The molecule has 0 amide bonds. The van der Waals surface area contributed by atoms with Gasteiger partial charge in [-0.25, -0.2) is 0 Å². The molecule has 0 saturated carbocycles. The van der Waals surface area contributed by atoms with Gasteiger partial charge in [-0.05, 0) is 11.6 Å². The molecule has 3 nitrogen and oxygen atoms in total. The van der Waals surface area contributed by atoms with Gasteiger partial charge in [-0.1, -0.05) is 30.0 Å². The van der Waals surface area contributed by atoms with Gasteiger partial charge in [0, 0.05) is 18.7 Å². The fourth-order valence-electron chi connectivity index (χ4n) is 1.78. The first-order chi connectivity index (χ1) is 9.46. The second-order valence-electron chi connectivity index (χ2n) is 4.21. The molecule has 0 spiro atoms. The summed E-state index contributed by atoms with van der Waals surface area (Å²) >= 11 is 0. The summed E-state index contributed by atoms with van der Waals surface area (Å²) in [5.74, 6) is 5.52. The van der Waals surface area contributed by atoms with Crippen LogP contribution in [0.5, 0.6) is 0 Å². The van der Waals surface area contributed by atoms with E-state index < -0.39 is 12.7 Å². The Kier molecular flexibility index (Phi) is 6.52. The monoisotopic (exact) mass is 286 g/mol. The summed E-state index contributed by atoms with van der Waals surface area (Å²) in [6.07, 6.45) is -4.30. The molecule has 0 aromatic heterocycles. The lowest BCUT2D eigenvalue weighted by atomic mass is 10.1. The molecule has 0 atom stereocenters. The van der Waals surface area contributed by atoms with E-state index in [0.717, 1.165) is 4.90 Å². The predicted molar refractivity (Wildman–Crippen MR) is 70.8 cm³/mol. The molecule has 110 valence electrons. The molecule has 0 heterocycles. The van der Waals surface area contributed by atoms with Crippen molar-refractivity contribution in [3.8, 4) is 11.8 Å². The molecule has 20 heavy (non-hydrogen) atoms. The molecule has 0 saturated heterocycles. The maximum atomic E-state index is 12.5. The predicted octanol–water partition coefficient (Wildman–Crippen LogP) is 1.35. The number of aliphatic hydroxyl groups excluding tert-OH is 1. The van der Waals surface area contributed by atoms with Crippen LogP contribution in [0.1, 0.15) is 11.1 Å². The van der Waals surface area contributed by atoms with E-state index in [1.54, 1.807) is 24.3 Å². The quantitative estimate of drug-likeness (QED) is 0.803. The Morgan fingerprint density at radius 1 is 1.25 bits per heavy atom. The maximum Gasteiger partial charge on any atom is 0.401 e. The molecule has 1 rings (SSSR count). The Hall–Kier alpha value is -1.55. The number of alkyl halides is 3. The third-order valence-corrected chi connectivity index (χ3v) is 2.56. The van der Waals surface area contributed by atoms with Crippen molar-refractivity contribution in [2.45, 2.75) is 12.7 Å². The Morgan fingerprint density at radius 3 is 2.55 bits per heavy atom. The van der Waals surface area contributed by atoms with Gasteiger partial charge in [-0.2, -0.15) is 13.2 Å². The molecule has 6 heteroatoms. The molecule has 0 aliphatic carbocycles. The Morgan fingerprint density at radius 2 is 1.95 bits per heavy atom. The number of aliphatic hydroxyl groups is 1. The van der Waals surface area contributed by atoms with Crippen LogP contribution in [0.25, 0.3) is 0 Å². The zero-order valence-corrected chi connectivity index (χ0v) is 11.0. The number of hydrogen-bond donors (Lipinski definition) is 2. The van der Waals surface area contributed by atoms with Crippen LogP contribution in [0.15, 0.2) is 24.3 Å². The summed E-state index contributed by atoms with van der Waals surface area (Å²) in [4.78, 5) is 1.14. The second-order valence-corrected chi connectivity index (χ2v) is 4.21. The first-order valence-electron chi connectivity index (χ1n) is 6.13. The Labute approximate surface area is 116 Å². The molecule has 0 radical (unpaired) electrons. The zero-order chi connectivity index (χ0) is 15.0. The highest BCUT2D eigenvalue weighted by Gasteiger charge is 2.30. The van der Waals surface area contributed by atoms with Crippen LogP contribution >= 0.6 is 0 Å². The normalized spacial score (nSPS) is 11.3. The molecular formula is C14H17F3N2O. The topological polar surface area (TPSA) is 49.5 Å². The van der Waals surface area contributed by atoms with Crippen molar-refractivity contribution in [2.24, 2.45) is 5.73 Å². The number of nitrogens with zero attached hydrogens (tertiary/aromatic N) is 1. The molecule has 0 aliphatic rings. The summed E-state index contributed by atoms with van der Waals surface area (Å²) in [6.45, 7) is -1.16. The van der Waals surface area contributed by atoms with E-state index in [2.05, 4.69) is 11.8 Å². The van der Waals surface area contributed by atoms with Crippen LogP contribution in [0.4, 0.5) is 13.2 Å². The number of rotatable bonds is 5. The third-order valence-electron chi connectivity index (χ3n) is 2.56. The highest BCUT2D eigenvalue weighted by atomic mass is 19.4. The van der Waals surface area contributed by atoms with E-state index in [9.17, 15) is 13.2 Å². The van der Waals surface area contributed by atoms with Crippen LogP contribution in [0, 0.1) is 11.8 Å². The van der Waals surface area contributed by atoms with Crippen molar-refractivity contribution < 1.29 is 18.3 Å². The van der Waals surface area contributed by atoms with Crippen LogP contribution in [-0.2, 0) is 6.54 Å². The Bertz CT molecular complexity index is 477. The van der Waals surface area contributed by atoms with Crippen molar-refractivity contribution >= 4 is 0 Å². The van der Waals surface area contributed by atoms with E-state index in [4.69, 9.17) is 10.8 Å². The maximum absolute atomic E-state index is 12.5. The average Bonchev–Trinajstić information content (AvgIpc) is 2.36. The lowest BCUT2D eigenvalue weighted by Gasteiger charge is -2.23.